The molecule has 1 rings (SSSR count). The van der Waals surface area contributed by atoms with Crippen molar-refractivity contribution >= 4 is 5.96 Å². The van der Waals surface area contributed by atoms with Gasteiger partial charge in [0.05, 0.1) is 0 Å². The van der Waals surface area contributed by atoms with Gasteiger partial charge in [-0.15, -0.1) is 0 Å². The van der Waals surface area contributed by atoms with E-state index in [-0.39, 0.29) is 0 Å². The average Bonchev–Trinajstić information content (AvgIpc) is 2.89. The van der Waals surface area contributed by atoms with E-state index in [1.807, 2.05) is 26.4 Å². The summed E-state index contributed by atoms with van der Waals surface area (Å²) >= 11 is 0. The zero-order valence-electron chi connectivity index (χ0n) is 14.9. The van der Waals surface area contributed by atoms with Gasteiger partial charge < -0.3 is 15.2 Å². The van der Waals surface area contributed by atoms with E-state index in [0.29, 0.717) is 6.04 Å². The summed E-state index contributed by atoms with van der Waals surface area (Å²) in [6, 6.07) is 0.460. The summed E-state index contributed by atoms with van der Waals surface area (Å²) in [5, 5.41) is 6.86. The molecule has 0 aliphatic rings. The molecule has 0 aromatic carbocycles. The van der Waals surface area contributed by atoms with Crippen LogP contribution in [-0.2, 0) is 6.54 Å². The third-order valence-corrected chi connectivity index (χ3v) is 3.83. The van der Waals surface area contributed by atoms with Crippen LogP contribution in [0.15, 0.2) is 17.4 Å². The van der Waals surface area contributed by atoms with Crippen LogP contribution < -0.4 is 10.6 Å². The second kappa shape index (κ2) is 10.2. The van der Waals surface area contributed by atoms with Gasteiger partial charge in [-0.3, -0.25) is 4.99 Å². The van der Waals surface area contributed by atoms with E-state index >= 15 is 0 Å². The molecule has 1 aromatic heterocycles. The molecule has 0 radical (unpaired) electrons. The Kier molecular flexibility index (Phi) is 8.63. The number of guanidine groups is 1. The van der Waals surface area contributed by atoms with E-state index < -0.39 is 0 Å². The number of hydrogen-bond acceptors (Lipinski definition) is 2. The fourth-order valence-electron chi connectivity index (χ4n) is 2.34. The summed E-state index contributed by atoms with van der Waals surface area (Å²) in [5.74, 6) is 2.75. The molecule has 0 bridgehead atoms. The first-order valence-corrected chi connectivity index (χ1v) is 8.47. The van der Waals surface area contributed by atoms with Crippen molar-refractivity contribution in [2.24, 2.45) is 10.9 Å². The second-order valence-electron chi connectivity index (χ2n) is 6.39. The maximum Gasteiger partial charge on any atom is 0.191 e. The summed E-state index contributed by atoms with van der Waals surface area (Å²) in [5.41, 5.74) is 0. The van der Waals surface area contributed by atoms with Gasteiger partial charge in [0.15, 0.2) is 5.96 Å². The Morgan fingerprint density at radius 3 is 2.64 bits per heavy atom. The van der Waals surface area contributed by atoms with Crippen LogP contribution in [0.3, 0.4) is 0 Å². The molecule has 1 heterocycles. The first-order chi connectivity index (χ1) is 10.5. The highest BCUT2D eigenvalue weighted by Crippen LogP contribution is 2.06. The molecule has 0 aliphatic carbocycles. The van der Waals surface area contributed by atoms with Crippen LogP contribution in [0.1, 0.15) is 52.3 Å². The molecule has 126 valence electrons. The number of unbranched alkanes of at least 4 members (excludes halogenated alkanes) is 1. The fraction of sp³-hybridized carbons (Fsp3) is 0.765. The minimum Gasteiger partial charge on any atom is -0.356 e. The monoisotopic (exact) mass is 307 g/mol. The zero-order chi connectivity index (χ0) is 16.4. The SMILES string of the molecule is CN=C(NCCCCn1ccnc1C)NC(C)CCC(C)C. The van der Waals surface area contributed by atoms with Crippen molar-refractivity contribution in [1.29, 1.82) is 0 Å². The molecular weight excluding hydrogens is 274 g/mol. The van der Waals surface area contributed by atoms with Gasteiger partial charge in [-0.25, -0.2) is 4.98 Å². The molecule has 1 unspecified atom stereocenters. The van der Waals surface area contributed by atoms with Crippen LogP contribution in [0.25, 0.3) is 0 Å². The Morgan fingerprint density at radius 1 is 1.27 bits per heavy atom. The Morgan fingerprint density at radius 2 is 2.05 bits per heavy atom. The van der Waals surface area contributed by atoms with E-state index in [1.54, 1.807) is 0 Å². The standard InChI is InChI=1S/C17H33N5/c1-14(2)8-9-15(3)21-17(18-5)20-10-6-7-12-22-13-11-19-16(22)4/h11,13-15H,6-10,12H2,1-5H3,(H2,18,20,21). The summed E-state index contributed by atoms with van der Waals surface area (Å²) in [7, 11) is 1.83. The Labute approximate surface area is 135 Å². The summed E-state index contributed by atoms with van der Waals surface area (Å²) < 4.78 is 2.20. The number of imidazole rings is 1. The average molecular weight is 307 g/mol. The Hall–Kier alpha value is -1.52. The van der Waals surface area contributed by atoms with Crippen molar-refractivity contribution in [2.75, 3.05) is 13.6 Å². The molecule has 1 aromatic rings. The number of rotatable bonds is 9. The van der Waals surface area contributed by atoms with E-state index in [1.165, 1.54) is 12.8 Å². The predicted octanol–water partition coefficient (Wildman–Crippen LogP) is 2.96. The third kappa shape index (κ3) is 7.48. The third-order valence-electron chi connectivity index (χ3n) is 3.83. The lowest BCUT2D eigenvalue weighted by Gasteiger charge is -2.18. The summed E-state index contributed by atoms with van der Waals surface area (Å²) in [4.78, 5) is 8.53. The molecule has 22 heavy (non-hydrogen) atoms. The molecule has 2 N–H and O–H groups in total. The number of nitrogens with one attached hydrogen (secondary N) is 2. The lowest BCUT2D eigenvalue weighted by atomic mass is 10.0. The summed E-state index contributed by atoms with van der Waals surface area (Å²) in [6.07, 6.45) is 8.59. The number of aliphatic imine (C=N–C) groups is 1. The van der Waals surface area contributed by atoms with Gasteiger partial charge in [-0.1, -0.05) is 13.8 Å². The van der Waals surface area contributed by atoms with E-state index in [4.69, 9.17) is 0 Å². The molecule has 0 aliphatic heterocycles. The highest BCUT2D eigenvalue weighted by Gasteiger charge is 2.06. The smallest absolute Gasteiger partial charge is 0.191 e. The van der Waals surface area contributed by atoms with Crippen molar-refractivity contribution in [2.45, 2.75) is 66.0 Å². The van der Waals surface area contributed by atoms with Gasteiger partial charge in [0.2, 0.25) is 0 Å². The van der Waals surface area contributed by atoms with Crippen LogP contribution in [0.4, 0.5) is 0 Å². The number of hydrogen-bond donors (Lipinski definition) is 2. The van der Waals surface area contributed by atoms with Crippen molar-refractivity contribution < 1.29 is 0 Å². The quantitative estimate of drug-likeness (QED) is 0.419. The molecule has 1 atom stereocenters. The van der Waals surface area contributed by atoms with Gasteiger partial charge in [-0.2, -0.15) is 0 Å². The maximum atomic E-state index is 4.30. The van der Waals surface area contributed by atoms with Gasteiger partial charge >= 0.3 is 0 Å². The first-order valence-electron chi connectivity index (χ1n) is 8.47. The highest BCUT2D eigenvalue weighted by molar-refractivity contribution is 5.79. The fourth-order valence-corrected chi connectivity index (χ4v) is 2.34. The minimum absolute atomic E-state index is 0.460. The van der Waals surface area contributed by atoms with Gasteiger partial charge in [0, 0.05) is 38.6 Å². The highest BCUT2D eigenvalue weighted by atomic mass is 15.2. The molecule has 0 saturated carbocycles. The molecule has 0 amide bonds. The van der Waals surface area contributed by atoms with Gasteiger partial charge in [0.1, 0.15) is 5.82 Å². The van der Waals surface area contributed by atoms with E-state index in [2.05, 4.69) is 45.9 Å². The Balaban J connectivity index is 2.14. The van der Waals surface area contributed by atoms with Crippen LogP contribution >= 0.6 is 0 Å². The normalized spacial score (nSPS) is 13.5. The minimum atomic E-state index is 0.460. The van der Waals surface area contributed by atoms with E-state index in [9.17, 15) is 0 Å². The largest absolute Gasteiger partial charge is 0.356 e. The second-order valence-corrected chi connectivity index (χ2v) is 6.39. The maximum absolute atomic E-state index is 4.30. The van der Waals surface area contributed by atoms with Gasteiger partial charge in [-0.05, 0) is 45.4 Å². The van der Waals surface area contributed by atoms with Crippen LogP contribution in [0.2, 0.25) is 0 Å². The van der Waals surface area contributed by atoms with Crippen molar-refractivity contribution in [3.05, 3.63) is 18.2 Å². The van der Waals surface area contributed by atoms with Crippen molar-refractivity contribution in [3.8, 4) is 0 Å². The van der Waals surface area contributed by atoms with Crippen molar-refractivity contribution in [3.63, 3.8) is 0 Å². The first kappa shape index (κ1) is 18.5. The van der Waals surface area contributed by atoms with Crippen LogP contribution in [0.5, 0.6) is 0 Å². The lowest BCUT2D eigenvalue weighted by Crippen LogP contribution is -2.42. The summed E-state index contributed by atoms with van der Waals surface area (Å²) in [6.45, 7) is 10.8. The molecule has 0 spiro atoms. The van der Waals surface area contributed by atoms with Crippen molar-refractivity contribution in [1.82, 2.24) is 20.2 Å². The topological polar surface area (TPSA) is 54.2 Å². The predicted molar refractivity (Wildman–Crippen MR) is 94.2 cm³/mol. The van der Waals surface area contributed by atoms with Crippen LogP contribution in [-0.4, -0.2) is 35.1 Å². The Bertz CT molecular complexity index is 436. The molecule has 0 fully saturated rings. The lowest BCUT2D eigenvalue weighted by molar-refractivity contribution is 0.488. The molecular formula is C17H33N5. The number of aryl methyl sites for hydroxylation is 2. The van der Waals surface area contributed by atoms with Gasteiger partial charge in [0.25, 0.3) is 0 Å². The molecule has 5 nitrogen and oxygen atoms in total. The molecule has 0 saturated heterocycles. The number of aromatic nitrogens is 2. The number of nitrogens with zero attached hydrogens (tertiary/aromatic N) is 3. The molecule has 5 heteroatoms. The van der Waals surface area contributed by atoms with Crippen LogP contribution in [0, 0.1) is 12.8 Å². The van der Waals surface area contributed by atoms with E-state index in [0.717, 1.165) is 43.6 Å². The zero-order valence-corrected chi connectivity index (χ0v) is 14.9.